The molecular formula is C22H37N3O3. The Kier molecular flexibility index (Phi) is 6.14. The van der Waals surface area contributed by atoms with E-state index in [0.29, 0.717) is 30.0 Å². The average Bonchev–Trinajstić information content (AvgIpc) is 3.03. The second kappa shape index (κ2) is 8.60. The minimum atomic E-state index is -0.165. The lowest BCUT2D eigenvalue weighted by molar-refractivity contribution is -0.132. The molecule has 4 aliphatic rings. The number of fused-ring (bicyclic) bond motifs is 1. The molecular weight excluding hydrogens is 354 g/mol. The zero-order valence-electron chi connectivity index (χ0n) is 17.6. The number of carbonyl (C=O) groups is 2. The van der Waals surface area contributed by atoms with Gasteiger partial charge in [-0.3, -0.25) is 4.79 Å². The number of likely N-dealkylation sites (tertiary alicyclic amines) is 3. The van der Waals surface area contributed by atoms with Crippen LogP contribution in [0.4, 0.5) is 4.79 Å². The fraction of sp³-hybridized carbons (Fsp3) is 0.909. The molecule has 6 heteroatoms. The second-order valence-electron chi connectivity index (χ2n) is 9.53. The predicted molar refractivity (Wildman–Crippen MR) is 108 cm³/mol. The van der Waals surface area contributed by atoms with Crippen molar-refractivity contribution in [2.45, 2.75) is 95.9 Å². The normalized spacial score (nSPS) is 30.8. The molecule has 3 heterocycles. The van der Waals surface area contributed by atoms with E-state index in [1.54, 1.807) is 0 Å². The van der Waals surface area contributed by atoms with Crippen LogP contribution < -0.4 is 0 Å². The summed E-state index contributed by atoms with van der Waals surface area (Å²) < 4.78 is 5.33. The Hall–Kier alpha value is -1.30. The van der Waals surface area contributed by atoms with Crippen LogP contribution in [0.1, 0.15) is 71.6 Å². The maximum absolute atomic E-state index is 12.7. The summed E-state index contributed by atoms with van der Waals surface area (Å²) in [7, 11) is 0. The van der Waals surface area contributed by atoms with Gasteiger partial charge in [-0.1, -0.05) is 12.8 Å². The summed E-state index contributed by atoms with van der Waals surface area (Å²) in [5.74, 6) is 1.06. The summed E-state index contributed by atoms with van der Waals surface area (Å²) in [5.41, 5.74) is 0. The maximum atomic E-state index is 12.7. The van der Waals surface area contributed by atoms with Crippen molar-refractivity contribution in [1.29, 1.82) is 0 Å². The molecule has 0 spiro atoms. The number of carbonyl (C=O) groups excluding carboxylic acids is 2. The first-order chi connectivity index (χ1) is 13.5. The standard InChI is InChI=1S/C22H37N3O3/c1-16(2)28-22(27)24-13-7-18(8-14-24)23-11-9-19(10-12-23)25-20-6-4-3-5-17(20)15-21(25)26/h16-20H,3-15H2,1-2H3/t17-,20-/m0/s1. The fourth-order valence-corrected chi connectivity index (χ4v) is 6.00. The highest BCUT2D eigenvalue weighted by Crippen LogP contribution is 2.39. The number of piperidine rings is 2. The van der Waals surface area contributed by atoms with E-state index in [9.17, 15) is 9.59 Å². The Labute approximate surface area is 169 Å². The van der Waals surface area contributed by atoms with Gasteiger partial charge in [-0.25, -0.2) is 4.79 Å². The van der Waals surface area contributed by atoms with E-state index in [2.05, 4.69) is 9.80 Å². The Morgan fingerprint density at radius 3 is 2.25 bits per heavy atom. The SMILES string of the molecule is CC(C)OC(=O)N1CCC(N2CCC(N3C(=O)C[C@@H]4CCCC[C@@H]43)CC2)CC1. The van der Waals surface area contributed by atoms with Crippen molar-refractivity contribution in [2.24, 2.45) is 5.92 Å². The molecule has 4 fully saturated rings. The molecule has 1 aliphatic carbocycles. The van der Waals surface area contributed by atoms with E-state index in [-0.39, 0.29) is 12.2 Å². The zero-order chi connectivity index (χ0) is 19.7. The van der Waals surface area contributed by atoms with E-state index in [4.69, 9.17) is 4.74 Å². The summed E-state index contributed by atoms with van der Waals surface area (Å²) in [5, 5.41) is 0. The number of nitrogens with zero attached hydrogens (tertiary/aromatic N) is 3. The van der Waals surface area contributed by atoms with E-state index in [1.807, 2.05) is 18.7 Å². The average molecular weight is 392 g/mol. The summed E-state index contributed by atoms with van der Waals surface area (Å²) in [6.45, 7) is 7.57. The Bertz CT molecular complexity index is 565. The highest BCUT2D eigenvalue weighted by molar-refractivity contribution is 5.79. The first kappa shape index (κ1) is 20.0. The number of ether oxygens (including phenoxy) is 1. The van der Waals surface area contributed by atoms with Crippen LogP contribution in [-0.2, 0) is 9.53 Å². The molecule has 6 nitrogen and oxygen atoms in total. The van der Waals surface area contributed by atoms with Crippen molar-refractivity contribution < 1.29 is 14.3 Å². The maximum Gasteiger partial charge on any atom is 0.410 e. The first-order valence-electron chi connectivity index (χ1n) is 11.5. The van der Waals surface area contributed by atoms with Crippen LogP contribution in [-0.4, -0.2) is 77.1 Å². The molecule has 0 radical (unpaired) electrons. The van der Waals surface area contributed by atoms with Gasteiger partial charge in [0.15, 0.2) is 0 Å². The summed E-state index contributed by atoms with van der Waals surface area (Å²) in [6, 6.07) is 1.56. The van der Waals surface area contributed by atoms with Gasteiger partial charge in [0, 0.05) is 50.7 Å². The van der Waals surface area contributed by atoms with Crippen LogP contribution in [0.3, 0.4) is 0 Å². The van der Waals surface area contributed by atoms with Gasteiger partial charge in [0.1, 0.15) is 0 Å². The van der Waals surface area contributed by atoms with E-state index < -0.39 is 0 Å². The second-order valence-corrected chi connectivity index (χ2v) is 9.53. The number of hydrogen-bond acceptors (Lipinski definition) is 4. The number of rotatable bonds is 3. The summed E-state index contributed by atoms with van der Waals surface area (Å²) in [6.07, 6.45) is 9.96. The fourth-order valence-electron chi connectivity index (χ4n) is 6.00. The minimum absolute atomic E-state index is 0.0543. The molecule has 3 saturated heterocycles. The highest BCUT2D eigenvalue weighted by Gasteiger charge is 2.44. The molecule has 0 bridgehead atoms. The molecule has 4 rings (SSSR count). The highest BCUT2D eigenvalue weighted by atomic mass is 16.6. The quantitative estimate of drug-likeness (QED) is 0.741. The number of hydrogen-bond donors (Lipinski definition) is 0. The van der Waals surface area contributed by atoms with Crippen molar-refractivity contribution in [3.8, 4) is 0 Å². The third-order valence-corrected chi connectivity index (χ3v) is 7.42. The lowest BCUT2D eigenvalue weighted by Gasteiger charge is -2.45. The lowest BCUT2D eigenvalue weighted by Crippen LogP contribution is -2.53. The molecule has 2 atom stereocenters. The zero-order valence-corrected chi connectivity index (χ0v) is 17.6. The lowest BCUT2D eigenvalue weighted by atomic mass is 9.84. The van der Waals surface area contributed by atoms with Crippen LogP contribution >= 0.6 is 0 Å². The molecule has 2 amide bonds. The summed E-state index contributed by atoms with van der Waals surface area (Å²) >= 11 is 0. The molecule has 0 aromatic carbocycles. The van der Waals surface area contributed by atoms with Crippen LogP contribution in [0.5, 0.6) is 0 Å². The smallest absolute Gasteiger partial charge is 0.410 e. The van der Waals surface area contributed by atoms with Gasteiger partial charge in [0.2, 0.25) is 5.91 Å². The topological polar surface area (TPSA) is 53.1 Å². The van der Waals surface area contributed by atoms with Crippen LogP contribution in [0.15, 0.2) is 0 Å². The van der Waals surface area contributed by atoms with E-state index in [0.717, 1.165) is 58.3 Å². The van der Waals surface area contributed by atoms with Crippen molar-refractivity contribution >= 4 is 12.0 Å². The third-order valence-electron chi connectivity index (χ3n) is 7.42. The van der Waals surface area contributed by atoms with Gasteiger partial charge in [0.25, 0.3) is 0 Å². The van der Waals surface area contributed by atoms with Crippen LogP contribution in [0, 0.1) is 5.92 Å². The van der Waals surface area contributed by atoms with Gasteiger partial charge in [-0.15, -0.1) is 0 Å². The Morgan fingerprint density at radius 1 is 0.929 bits per heavy atom. The third kappa shape index (κ3) is 4.17. The monoisotopic (exact) mass is 391 g/mol. The first-order valence-corrected chi connectivity index (χ1v) is 11.5. The molecule has 0 N–H and O–H groups in total. The van der Waals surface area contributed by atoms with Gasteiger partial charge < -0.3 is 19.4 Å². The molecule has 1 saturated carbocycles. The van der Waals surface area contributed by atoms with Gasteiger partial charge >= 0.3 is 6.09 Å². The van der Waals surface area contributed by atoms with Crippen molar-refractivity contribution in [3.05, 3.63) is 0 Å². The molecule has 0 unspecified atom stereocenters. The number of amides is 2. The molecule has 28 heavy (non-hydrogen) atoms. The molecule has 0 aromatic heterocycles. The van der Waals surface area contributed by atoms with Crippen molar-refractivity contribution in [3.63, 3.8) is 0 Å². The Morgan fingerprint density at radius 2 is 1.57 bits per heavy atom. The van der Waals surface area contributed by atoms with Gasteiger partial charge in [-0.2, -0.15) is 0 Å². The molecule has 0 aromatic rings. The predicted octanol–water partition coefficient (Wildman–Crippen LogP) is 3.25. The Balaban J connectivity index is 1.25. The van der Waals surface area contributed by atoms with Gasteiger partial charge in [0.05, 0.1) is 6.10 Å². The van der Waals surface area contributed by atoms with Crippen molar-refractivity contribution in [1.82, 2.24) is 14.7 Å². The molecule has 3 aliphatic heterocycles. The minimum Gasteiger partial charge on any atom is -0.447 e. The largest absolute Gasteiger partial charge is 0.447 e. The van der Waals surface area contributed by atoms with Gasteiger partial charge in [-0.05, 0) is 58.3 Å². The summed E-state index contributed by atoms with van der Waals surface area (Å²) in [4.78, 5) is 31.5. The van der Waals surface area contributed by atoms with Crippen LogP contribution in [0.25, 0.3) is 0 Å². The van der Waals surface area contributed by atoms with E-state index in [1.165, 1.54) is 25.7 Å². The van der Waals surface area contributed by atoms with Crippen LogP contribution in [0.2, 0.25) is 0 Å². The van der Waals surface area contributed by atoms with Crippen molar-refractivity contribution in [2.75, 3.05) is 26.2 Å². The van der Waals surface area contributed by atoms with E-state index >= 15 is 0 Å². The molecule has 158 valence electrons.